The molecule has 0 aliphatic heterocycles. The lowest BCUT2D eigenvalue weighted by Crippen LogP contribution is -2.31. The predicted molar refractivity (Wildman–Crippen MR) is 60.7 cm³/mol. The number of nitrogens with one attached hydrogen (secondary N) is 1. The van der Waals surface area contributed by atoms with Crippen LogP contribution in [-0.4, -0.2) is 29.5 Å². The maximum atomic E-state index is 9.19. The molecule has 1 unspecified atom stereocenters. The number of aliphatic hydroxyl groups excluding tert-OH is 2. The summed E-state index contributed by atoms with van der Waals surface area (Å²) in [4.78, 5) is 0. The zero-order valence-electron chi connectivity index (χ0n) is 9.27. The first-order valence-corrected chi connectivity index (χ1v) is 5.22. The monoisotopic (exact) mass is 209 g/mol. The van der Waals surface area contributed by atoms with Crippen molar-refractivity contribution >= 4 is 0 Å². The Morgan fingerprint density at radius 3 is 2.40 bits per heavy atom. The fourth-order valence-corrected chi connectivity index (χ4v) is 1.35. The van der Waals surface area contributed by atoms with Crippen molar-refractivity contribution in [2.45, 2.75) is 26.0 Å². The molecule has 3 N–H and O–H groups in total. The minimum Gasteiger partial charge on any atom is -0.394 e. The lowest BCUT2D eigenvalue weighted by molar-refractivity contribution is 0.0924. The predicted octanol–water partition coefficient (Wildman–Crippen LogP) is 0.999. The summed E-state index contributed by atoms with van der Waals surface area (Å²) in [6.45, 7) is 4.30. The van der Waals surface area contributed by atoms with Crippen molar-refractivity contribution < 1.29 is 10.2 Å². The lowest BCUT2D eigenvalue weighted by Gasteiger charge is -2.16. The van der Waals surface area contributed by atoms with Crippen molar-refractivity contribution in [2.24, 2.45) is 0 Å². The van der Waals surface area contributed by atoms with Gasteiger partial charge in [0, 0.05) is 12.6 Å². The van der Waals surface area contributed by atoms with Gasteiger partial charge in [-0.3, -0.25) is 0 Å². The SMILES string of the molecule is Cc1ccc([C@@H](C)NCC(O)CO)cc1. The Morgan fingerprint density at radius 2 is 1.87 bits per heavy atom. The van der Waals surface area contributed by atoms with Crippen LogP contribution in [0.15, 0.2) is 24.3 Å². The van der Waals surface area contributed by atoms with E-state index in [4.69, 9.17) is 5.11 Å². The second-order valence-electron chi connectivity index (χ2n) is 3.88. The summed E-state index contributed by atoms with van der Waals surface area (Å²) in [7, 11) is 0. The van der Waals surface area contributed by atoms with E-state index in [9.17, 15) is 5.11 Å². The molecule has 3 nitrogen and oxygen atoms in total. The van der Waals surface area contributed by atoms with Gasteiger partial charge in [-0.1, -0.05) is 29.8 Å². The molecule has 0 fully saturated rings. The molecule has 84 valence electrons. The second kappa shape index (κ2) is 5.85. The number of aliphatic hydroxyl groups is 2. The summed E-state index contributed by atoms with van der Waals surface area (Å²) in [6.07, 6.45) is -0.683. The fourth-order valence-electron chi connectivity index (χ4n) is 1.35. The molecule has 0 saturated carbocycles. The molecule has 1 rings (SSSR count). The van der Waals surface area contributed by atoms with E-state index in [1.807, 2.05) is 6.92 Å². The third kappa shape index (κ3) is 4.00. The van der Waals surface area contributed by atoms with Crippen LogP contribution in [0.3, 0.4) is 0 Å². The molecular weight excluding hydrogens is 190 g/mol. The van der Waals surface area contributed by atoms with Crippen LogP contribution in [0.2, 0.25) is 0 Å². The molecule has 1 aromatic rings. The van der Waals surface area contributed by atoms with E-state index in [-0.39, 0.29) is 12.6 Å². The van der Waals surface area contributed by atoms with Crippen molar-refractivity contribution in [2.75, 3.05) is 13.2 Å². The molecule has 2 atom stereocenters. The number of hydrogen-bond acceptors (Lipinski definition) is 3. The third-order valence-corrected chi connectivity index (χ3v) is 2.45. The highest BCUT2D eigenvalue weighted by Crippen LogP contribution is 2.12. The zero-order chi connectivity index (χ0) is 11.3. The summed E-state index contributed by atoms with van der Waals surface area (Å²) < 4.78 is 0. The highest BCUT2D eigenvalue weighted by molar-refractivity contribution is 5.23. The van der Waals surface area contributed by atoms with Crippen molar-refractivity contribution in [1.29, 1.82) is 0 Å². The molecule has 1 aromatic carbocycles. The summed E-state index contributed by atoms with van der Waals surface area (Å²) >= 11 is 0. The van der Waals surface area contributed by atoms with E-state index in [2.05, 4.69) is 36.5 Å². The average molecular weight is 209 g/mol. The van der Waals surface area contributed by atoms with Crippen LogP contribution in [0.25, 0.3) is 0 Å². The lowest BCUT2D eigenvalue weighted by atomic mass is 10.1. The Kier molecular flexibility index (Phi) is 4.75. The van der Waals surface area contributed by atoms with Crippen LogP contribution in [0.4, 0.5) is 0 Å². The molecule has 0 bridgehead atoms. The Hall–Kier alpha value is -0.900. The number of aryl methyl sites for hydroxylation is 1. The third-order valence-electron chi connectivity index (χ3n) is 2.45. The molecule has 0 aliphatic rings. The van der Waals surface area contributed by atoms with Crippen molar-refractivity contribution in [3.05, 3.63) is 35.4 Å². The minimum absolute atomic E-state index is 0.187. The van der Waals surface area contributed by atoms with E-state index < -0.39 is 6.10 Å². The van der Waals surface area contributed by atoms with Crippen LogP contribution in [-0.2, 0) is 0 Å². The smallest absolute Gasteiger partial charge is 0.0895 e. The van der Waals surface area contributed by atoms with Crippen molar-refractivity contribution in [3.63, 3.8) is 0 Å². The van der Waals surface area contributed by atoms with Gasteiger partial charge in [0.1, 0.15) is 0 Å². The molecule has 0 aromatic heterocycles. The molecule has 0 heterocycles. The van der Waals surface area contributed by atoms with E-state index in [1.165, 1.54) is 11.1 Å². The Bertz CT molecular complexity index is 284. The summed E-state index contributed by atoms with van der Waals surface area (Å²) in [5.41, 5.74) is 2.42. The first kappa shape index (κ1) is 12.2. The topological polar surface area (TPSA) is 52.5 Å². The number of rotatable bonds is 5. The van der Waals surface area contributed by atoms with Crippen LogP contribution >= 0.6 is 0 Å². The van der Waals surface area contributed by atoms with E-state index in [1.54, 1.807) is 0 Å². The molecule has 0 aliphatic carbocycles. The van der Waals surface area contributed by atoms with Gasteiger partial charge in [0.15, 0.2) is 0 Å². The summed E-state index contributed by atoms with van der Waals surface area (Å²) in [5, 5.41) is 21.0. The first-order chi connectivity index (χ1) is 7.13. The molecule has 0 radical (unpaired) electrons. The highest BCUT2D eigenvalue weighted by atomic mass is 16.3. The number of benzene rings is 1. The maximum absolute atomic E-state index is 9.19. The Labute approximate surface area is 90.8 Å². The van der Waals surface area contributed by atoms with Crippen LogP contribution < -0.4 is 5.32 Å². The molecule has 0 saturated heterocycles. The van der Waals surface area contributed by atoms with E-state index in [0.717, 1.165) is 0 Å². The minimum atomic E-state index is -0.683. The first-order valence-electron chi connectivity index (χ1n) is 5.22. The van der Waals surface area contributed by atoms with Gasteiger partial charge in [-0.2, -0.15) is 0 Å². The summed E-state index contributed by atoms with van der Waals surface area (Å²) in [6, 6.07) is 8.45. The second-order valence-corrected chi connectivity index (χ2v) is 3.88. The van der Waals surface area contributed by atoms with Gasteiger partial charge in [-0.15, -0.1) is 0 Å². The van der Waals surface area contributed by atoms with Gasteiger partial charge in [-0.25, -0.2) is 0 Å². The van der Waals surface area contributed by atoms with E-state index in [0.29, 0.717) is 6.54 Å². The van der Waals surface area contributed by atoms with E-state index >= 15 is 0 Å². The molecule has 3 heteroatoms. The Morgan fingerprint density at radius 1 is 1.27 bits per heavy atom. The molecular formula is C12H19NO2. The average Bonchev–Trinajstić information content (AvgIpc) is 2.26. The van der Waals surface area contributed by atoms with Gasteiger partial charge in [0.2, 0.25) is 0 Å². The summed E-state index contributed by atoms with van der Waals surface area (Å²) in [5.74, 6) is 0. The largest absolute Gasteiger partial charge is 0.394 e. The fraction of sp³-hybridized carbons (Fsp3) is 0.500. The van der Waals surface area contributed by atoms with Gasteiger partial charge in [0.05, 0.1) is 12.7 Å². The number of hydrogen-bond donors (Lipinski definition) is 3. The zero-order valence-corrected chi connectivity index (χ0v) is 9.27. The van der Waals surface area contributed by atoms with Gasteiger partial charge < -0.3 is 15.5 Å². The van der Waals surface area contributed by atoms with Crippen LogP contribution in [0.1, 0.15) is 24.1 Å². The molecule has 0 amide bonds. The Balaban J connectivity index is 2.46. The molecule has 15 heavy (non-hydrogen) atoms. The van der Waals surface area contributed by atoms with Gasteiger partial charge in [0.25, 0.3) is 0 Å². The highest BCUT2D eigenvalue weighted by Gasteiger charge is 2.07. The normalized spacial score (nSPS) is 14.9. The molecule has 0 spiro atoms. The quantitative estimate of drug-likeness (QED) is 0.678. The van der Waals surface area contributed by atoms with Crippen LogP contribution in [0, 0.1) is 6.92 Å². The van der Waals surface area contributed by atoms with Crippen LogP contribution in [0.5, 0.6) is 0 Å². The van der Waals surface area contributed by atoms with Crippen molar-refractivity contribution in [1.82, 2.24) is 5.32 Å². The standard InChI is InChI=1S/C12H19NO2/c1-9-3-5-11(6-4-9)10(2)13-7-12(15)8-14/h3-6,10,12-15H,7-8H2,1-2H3/t10-,12?/m1/s1. The van der Waals surface area contributed by atoms with Gasteiger partial charge in [-0.05, 0) is 19.4 Å². The maximum Gasteiger partial charge on any atom is 0.0895 e. The van der Waals surface area contributed by atoms with Gasteiger partial charge >= 0.3 is 0 Å². The van der Waals surface area contributed by atoms with Crippen molar-refractivity contribution in [3.8, 4) is 0 Å².